The summed E-state index contributed by atoms with van der Waals surface area (Å²) in [6, 6.07) is 1.70. The zero-order valence-electron chi connectivity index (χ0n) is 10.9. The predicted molar refractivity (Wildman–Crippen MR) is 69.8 cm³/mol. The molecule has 2 heteroatoms. The molecular formula is C14H28N2. The maximum atomic E-state index is 3.62. The van der Waals surface area contributed by atoms with E-state index >= 15 is 0 Å². The van der Waals surface area contributed by atoms with E-state index in [4.69, 9.17) is 0 Å². The van der Waals surface area contributed by atoms with E-state index in [1.54, 1.807) is 0 Å². The van der Waals surface area contributed by atoms with Gasteiger partial charge in [0.1, 0.15) is 0 Å². The van der Waals surface area contributed by atoms with Crippen LogP contribution in [0.25, 0.3) is 0 Å². The van der Waals surface area contributed by atoms with E-state index in [1.165, 1.54) is 71.0 Å². The first-order chi connectivity index (χ1) is 7.90. The Kier molecular flexibility index (Phi) is 5.11. The monoisotopic (exact) mass is 224 g/mol. The second-order valence-electron chi connectivity index (χ2n) is 5.53. The fraction of sp³-hybridized carbons (Fsp3) is 1.00. The van der Waals surface area contributed by atoms with Crippen molar-refractivity contribution in [3.05, 3.63) is 0 Å². The summed E-state index contributed by atoms with van der Waals surface area (Å²) in [7, 11) is 0. The van der Waals surface area contributed by atoms with Gasteiger partial charge < -0.3 is 10.2 Å². The molecule has 2 atom stereocenters. The van der Waals surface area contributed by atoms with Crippen molar-refractivity contribution < 1.29 is 0 Å². The van der Waals surface area contributed by atoms with E-state index in [-0.39, 0.29) is 0 Å². The van der Waals surface area contributed by atoms with Gasteiger partial charge in [0.05, 0.1) is 0 Å². The van der Waals surface area contributed by atoms with Gasteiger partial charge in [-0.2, -0.15) is 0 Å². The molecular weight excluding hydrogens is 196 g/mol. The largest absolute Gasteiger partial charge is 0.314 e. The molecule has 2 aliphatic rings. The molecule has 94 valence electrons. The van der Waals surface area contributed by atoms with Gasteiger partial charge in [-0.15, -0.1) is 0 Å². The average Bonchev–Trinajstić information content (AvgIpc) is 2.71. The van der Waals surface area contributed by atoms with Gasteiger partial charge in [0, 0.05) is 12.1 Å². The predicted octanol–water partition coefficient (Wildman–Crippen LogP) is 2.78. The van der Waals surface area contributed by atoms with Gasteiger partial charge in [-0.05, 0) is 58.2 Å². The number of rotatable bonds is 4. The smallest absolute Gasteiger partial charge is 0.00926 e. The van der Waals surface area contributed by atoms with Crippen molar-refractivity contribution in [2.24, 2.45) is 0 Å². The number of nitrogens with one attached hydrogen (secondary N) is 1. The summed E-state index contributed by atoms with van der Waals surface area (Å²) in [5, 5.41) is 3.62. The van der Waals surface area contributed by atoms with Crippen LogP contribution < -0.4 is 5.32 Å². The summed E-state index contributed by atoms with van der Waals surface area (Å²) < 4.78 is 0. The van der Waals surface area contributed by atoms with Crippen LogP contribution in [0.1, 0.15) is 58.3 Å². The van der Waals surface area contributed by atoms with Crippen molar-refractivity contribution >= 4 is 0 Å². The van der Waals surface area contributed by atoms with Crippen LogP contribution >= 0.6 is 0 Å². The Balaban J connectivity index is 1.75. The molecule has 0 bridgehead atoms. The molecule has 0 saturated carbocycles. The van der Waals surface area contributed by atoms with E-state index in [0.29, 0.717) is 0 Å². The number of hydrogen-bond acceptors (Lipinski definition) is 2. The van der Waals surface area contributed by atoms with Crippen molar-refractivity contribution in [3.63, 3.8) is 0 Å². The molecule has 2 nitrogen and oxygen atoms in total. The molecule has 16 heavy (non-hydrogen) atoms. The number of hydrogen-bond donors (Lipinski definition) is 1. The zero-order valence-corrected chi connectivity index (χ0v) is 10.9. The summed E-state index contributed by atoms with van der Waals surface area (Å²) in [6.45, 7) is 6.29. The minimum absolute atomic E-state index is 0.820. The molecule has 0 amide bonds. The molecule has 2 rings (SSSR count). The van der Waals surface area contributed by atoms with Crippen molar-refractivity contribution in [3.8, 4) is 0 Å². The van der Waals surface area contributed by atoms with Gasteiger partial charge in [-0.3, -0.25) is 0 Å². The van der Waals surface area contributed by atoms with Gasteiger partial charge >= 0.3 is 0 Å². The number of likely N-dealkylation sites (tertiary alicyclic amines) is 1. The molecule has 2 saturated heterocycles. The maximum absolute atomic E-state index is 3.62. The third kappa shape index (κ3) is 3.46. The van der Waals surface area contributed by atoms with E-state index < -0.39 is 0 Å². The fourth-order valence-electron chi connectivity index (χ4n) is 3.32. The minimum atomic E-state index is 0.820. The fourth-order valence-corrected chi connectivity index (χ4v) is 3.32. The standard InChI is InChI=1S/C14H28N2/c1-2-14-8-4-3-5-11-16(14)12-9-13-7-6-10-15-13/h13-15H,2-12H2,1H3. The van der Waals surface area contributed by atoms with Crippen LogP contribution in [0.3, 0.4) is 0 Å². The zero-order chi connectivity index (χ0) is 11.2. The first-order valence-corrected chi connectivity index (χ1v) is 7.37. The summed E-state index contributed by atoms with van der Waals surface area (Å²) in [5.41, 5.74) is 0. The van der Waals surface area contributed by atoms with Crippen molar-refractivity contribution in [1.82, 2.24) is 10.2 Å². The van der Waals surface area contributed by atoms with Crippen LogP contribution in [0.4, 0.5) is 0 Å². The highest BCUT2D eigenvalue weighted by Crippen LogP contribution is 2.20. The molecule has 2 unspecified atom stereocenters. The number of nitrogens with zero attached hydrogens (tertiary/aromatic N) is 1. The van der Waals surface area contributed by atoms with E-state index in [0.717, 1.165) is 12.1 Å². The molecule has 2 heterocycles. The maximum Gasteiger partial charge on any atom is 0.00926 e. The van der Waals surface area contributed by atoms with Crippen molar-refractivity contribution in [1.29, 1.82) is 0 Å². The average molecular weight is 224 g/mol. The Bertz CT molecular complexity index is 187. The quantitative estimate of drug-likeness (QED) is 0.790. The first-order valence-electron chi connectivity index (χ1n) is 7.37. The van der Waals surface area contributed by atoms with E-state index in [2.05, 4.69) is 17.1 Å². The molecule has 2 aliphatic heterocycles. The van der Waals surface area contributed by atoms with Crippen LogP contribution in [-0.2, 0) is 0 Å². The lowest BCUT2D eigenvalue weighted by Gasteiger charge is -2.30. The van der Waals surface area contributed by atoms with Gasteiger partial charge in [-0.25, -0.2) is 0 Å². The van der Waals surface area contributed by atoms with Crippen LogP contribution in [0.2, 0.25) is 0 Å². The molecule has 1 N–H and O–H groups in total. The van der Waals surface area contributed by atoms with Crippen molar-refractivity contribution in [2.75, 3.05) is 19.6 Å². The van der Waals surface area contributed by atoms with Gasteiger partial charge in [-0.1, -0.05) is 19.8 Å². The highest BCUT2D eigenvalue weighted by molar-refractivity contribution is 4.79. The van der Waals surface area contributed by atoms with Crippen LogP contribution in [0.15, 0.2) is 0 Å². The lowest BCUT2D eigenvalue weighted by atomic mass is 10.1. The molecule has 2 fully saturated rings. The molecule has 0 aromatic carbocycles. The second kappa shape index (κ2) is 6.61. The Labute approximate surface area is 101 Å². The normalized spacial score (nSPS) is 32.8. The molecule has 0 aromatic heterocycles. The Morgan fingerprint density at radius 2 is 2.06 bits per heavy atom. The third-order valence-corrected chi connectivity index (χ3v) is 4.40. The lowest BCUT2D eigenvalue weighted by molar-refractivity contribution is 0.186. The molecule has 0 aromatic rings. The topological polar surface area (TPSA) is 15.3 Å². The highest BCUT2D eigenvalue weighted by Gasteiger charge is 2.21. The Morgan fingerprint density at radius 3 is 2.81 bits per heavy atom. The second-order valence-corrected chi connectivity index (χ2v) is 5.53. The Morgan fingerprint density at radius 1 is 1.12 bits per heavy atom. The Hall–Kier alpha value is -0.0800. The van der Waals surface area contributed by atoms with Crippen molar-refractivity contribution in [2.45, 2.75) is 70.4 Å². The van der Waals surface area contributed by atoms with Crippen LogP contribution in [-0.4, -0.2) is 36.6 Å². The van der Waals surface area contributed by atoms with Crippen LogP contribution in [0, 0.1) is 0 Å². The van der Waals surface area contributed by atoms with Gasteiger partial charge in [0.15, 0.2) is 0 Å². The van der Waals surface area contributed by atoms with E-state index in [1.807, 2.05) is 0 Å². The summed E-state index contributed by atoms with van der Waals surface area (Å²) >= 11 is 0. The lowest BCUT2D eigenvalue weighted by Crippen LogP contribution is -2.37. The van der Waals surface area contributed by atoms with Gasteiger partial charge in [0.25, 0.3) is 0 Å². The molecule has 0 aliphatic carbocycles. The molecule has 0 spiro atoms. The summed E-state index contributed by atoms with van der Waals surface area (Å²) in [5.74, 6) is 0. The molecule has 0 radical (unpaired) electrons. The minimum Gasteiger partial charge on any atom is -0.314 e. The van der Waals surface area contributed by atoms with E-state index in [9.17, 15) is 0 Å². The highest BCUT2D eigenvalue weighted by atomic mass is 15.2. The van der Waals surface area contributed by atoms with Crippen LogP contribution in [0.5, 0.6) is 0 Å². The first kappa shape index (κ1) is 12.4. The SMILES string of the molecule is CCC1CCCCCN1CCC1CCCN1. The summed E-state index contributed by atoms with van der Waals surface area (Å²) in [4.78, 5) is 2.77. The third-order valence-electron chi connectivity index (χ3n) is 4.40. The van der Waals surface area contributed by atoms with Gasteiger partial charge in [0.2, 0.25) is 0 Å². The summed E-state index contributed by atoms with van der Waals surface area (Å²) in [6.07, 6.45) is 11.3.